The Balaban J connectivity index is 1.20. The normalized spacial score (nSPS) is 15.2. The third kappa shape index (κ3) is 5.11. The van der Waals surface area contributed by atoms with Gasteiger partial charge in [-0.3, -0.25) is 0 Å². The Bertz CT molecular complexity index is 2590. The van der Waals surface area contributed by atoms with Gasteiger partial charge in [0.15, 0.2) is 0 Å². The number of rotatable bonds is 5. The first-order valence-electron chi connectivity index (χ1n) is 17.7. The molecule has 0 aliphatic carbocycles. The Hall–Kier alpha value is -5.74. The third-order valence-electron chi connectivity index (χ3n) is 10.4. The van der Waals surface area contributed by atoms with Gasteiger partial charge in [0.2, 0.25) is 0 Å². The van der Waals surface area contributed by atoms with Crippen LogP contribution in [0.5, 0.6) is 0 Å². The lowest BCUT2D eigenvalue weighted by Gasteiger charge is -2.45. The molecule has 8 aromatic carbocycles. The summed E-state index contributed by atoms with van der Waals surface area (Å²) in [6, 6.07) is 71.1. The van der Waals surface area contributed by atoms with E-state index in [1.165, 1.54) is 75.2 Å². The van der Waals surface area contributed by atoms with Crippen molar-refractivity contribution in [2.75, 3.05) is 5.32 Å². The molecule has 0 fully saturated rings. The zero-order valence-corrected chi connectivity index (χ0v) is 29.9. The van der Waals surface area contributed by atoms with Crippen LogP contribution < -0.4 is 5.32 Å². The summed E-state index contributed by atoms with van der Waals surface area (Å²) in [4.78, 5) is 5.22. The second-order valence-electron chi connectivity index (χ2n) is 13.4. The SMILES string of the molecule is c1ccc(Nc2ccc(-c3ccc4c(c3)C3(c5ccccc5Sc5cc(-c6ccccc6)ccc53)c3ccccc3S4)cc2-c2ccccc2)cc1. The van der Waals surface area contributed by atoms with Crippen LogP contribution in [0.1, 0.15) is 22.3 Å². The lowest BCUT2D eigenvalue weighted by Crippen LogP contribution is -2.36. The molecule has 0 bridgehead atoms. The maximum Gasteiger partial charge on any atom is 0.0745 e. The van der Waals surface area contributed by atoms with Crippen molar-refractivity contribution in [1.82, 2.24) is 0 Å². The standard InChI is InChI=1S/C49H33NS2/c1-4-14-33(15-5-1)37-24-27-42-48(32-37)52-46-23-13-11-21-41(46)49(42)40-20-10-12-22-45(40)51-47-29-26-36(31-43(47)49)35-25-28-44(50-38-18-8-3-9-19-38)39(30-35)34-16-6-2-7-17-34/h1-32,50H. The van der Waals surface area contributed by atoms with Crippen LogP contribution in [0.3, 0.4) is 0 Å². The van der Waals surface area contributed by atoms with Gasteiger partial charge in [-0.1, -0.05) is 163 Å². The van der Waals surface area contributed by atoms with E-state index >= 15 is 0 Å². The van der Waals surface area contributed by atoms with Gasteiger partial charge < -0.3 is 5.32 Å². The van der Waals surface area contributed by atoms with Gasteiger partial charge in [0, 0.05) is 36.5 Å². The summed E-state index contributed by atoms with van der Waals surface area (Å²) in [7, 11) is 0. The summed E-state index contributed by atoms with van der Waals surface area (Å²) < 4.78 is 0. The van der Waals surface area contributed by atoms with Crippen molar-refractivity contribution in [3.63, 3.8) is 0 Å². The largest absolute Gasteiger partial charge is 0.355 e. The van der Waals surface area contributed by atoms with Crippen LogP contribution in [0, 0.1) is 0 Å². The minimum atomic E-state index is -0.476. The molecule has 2 aliphatic heterocycles. The molecule has 0 saturated carbocycles. The van der Waals surface area contributed by atoms with E-state index < -0.39 is 5.41 Å². The van der Waals surface area contributed by atoms with Crippen molar-refractivity contribution in [2.24, 2.45) is 0 Å². The second kappa shape index (κ2) is 12.8. The van der Waals surface area contributed by atoms with Gasteiger partial charge in [0.1, 0.15) is 0 Å². The zero-order chi connectivity index (χ0) is 34.5. The molecule has 3 heteroatoms. The number of para-hydroxylation sites is 1. The monoisotopic (exact) mass is 699 g/mol. The van der Waals surface area contributed by atoms with Crippen LogP contribution in [0.25, 0.3) is 33.4 Å². The molecule has 1 unspecified atom stereocenters. The van der Waals surface area contributed by atoms with Gasteiger partial charge in [-0.2, -0.15) is 0 Å². The molecule has 0 aromatic heterocycles. The van der Waals surface area contributed by atoms with E-state index in [4.69, 9.17) is 0 Å². The van der Waals surface area contributed by atoms with E-state index in [-0.39, 0.29) is 0 Å². The summed E-state index contributed by atoms with van der Waals surface area (Å²) in [5.74, 6) is 0. The smallest absolute Gasteiger partial charge is 0.0745 e. The van der Waals surface area contributed by atoms with Gasteiger partial charge >= 0.3 is 0 Å². The van der Waals surface area contributed by atoms with E-state index in [1.807, 2.05) is 23.5 Å². The van der Waals surface area contributed by atoms with Crippen molar-refractivity contribution in [2.45, 2.75) is 25.0 Å². The molecule has 246 valence electrons. The topological polar surface area (TPSA) is 12.0 Å². The second-order valence-corrected chi connectivity index (χ2v) is 15.5. The first kappa shape index (κ1) is 31.0. The number of nitrogens with one attached hydrogen (secondary N) is 1. The Morgan fingerprint density at radius 2 is 0.827 bits per heavy atom. The lowest BCUT2D eigenvalue weighted by molar-refractivity contribution is 0.667. The van der Waals surface area contributed by atoms with E-state index in [0.29, 0.717) is 0 Å². The molecule has 1 N–H and O–H groups in total. The summed E-state index contributed by atoms with van der Waals surface area (Å²) >= 11 is 3.79. The van der Waals surface area contributed by atoms with Gasteiger partial charge in [0.05, 0.1) is 5.41 Å². The van der Waals surface area contributed by atoms with Crippen molar-refractivity contribution in [3.8, 4) is 33.4 Å². The first-order chi connectivity index (χ1) is 25.8. The molecule has 1 nitrogen and oxygen atoms in total. The van der Waals surface area contributed by atoms with Crippen LogP contribution in [-0.2, 0) is 5.41 Å². The number of hydrogen-bond donors (Lipinski definition) is 1. The number of fused-ring (bicyclic) bond motifs is 8. The van der Waals surface area contributed by atoms with Gasteiger partial charge in [0.25, 0.3) is 0 Å². The van der Waals surface area contributed by atoms with E-state index in [9.17, 15) is 0 Å². The van der Waals surface area contributed by atoms with Crippen LogP contribution >= 0.6 is 23.5 Å². The van der Waals surface area contributed by atoms with Gasteiger partial charge in [-0.05, 0) is 105 Å². The summed E-state index contributed by atoms with van der Waals surface area (Å²) in [6.07, 6.45) is 0. The highest BCUT2D eigenvalue weighted by Crippen LogP contribution is 2.62. The minimum Gasteiger partial charge on any atom is -0.355 e. The van der Waals surface area contributed by atoms with E-state index in [1.54, 1.807) is 0 Å². The molecular weight excluding hydrogens is 667 g/mol. The van der Waals surface area contributed by atoms with Crippen molar-refractivity contribution >= 4 is 34.9 Å². The predicted octanol–water partition coefficient (Wildman–Crippen LogP) is 13.7. The number of anilines is 2. The third-order valence-corrected chi connectivity index (χ3v) is 12.7. The Morgan fingerprint density at radius 1 is 0.327 bits per heavy atom. The lowest BCUT2D eigenvalue weighted by atomic mass is 9.64. The minimum absolute atomic E-state index is 0.476. The molecule has 1 spiro atoms. The molecule has 1 atom stereocenters. The summed E-state index contributed by atoms with van der Waals surface area (Å²) in [5.41, 5.74) is 14.3. The Labute approximate surface area is 313 Å². The average Bonchev–Trinajstić information content (AvgIpc) is 3.21. The van der Waals surface area contributed by atoms with Crippen molar-refractivity contribution in [1.29, 1.82) is 0 Å². The molecule has 0 radical (unpaired) electrons. The van der Waals surface area contributed by atoms with Crippen LogP contribution in [0.2, 0.25) is 0 Å². The van der Waals surface area contributed by atoms with Crippen LogP contribution in [-0.4, -0.2) is 0 Å². The van der Waals surface area contributed by atoms with Gasteiger partial charge in [-0.15, -0.1) is 0 Å². The first-order valence-corrected chi connectivity index (χ1v) is 19.3. The Morgan fingerprint density at radius 3 is 1.54 bits per heavy atom. The molecule has 10 rings (SSSR count). The van der Waals surface area contributed by atoms with Crippen molar-refractivity contribution < 1.29 is 0 Å². The number of benzene rings is 8. The maximum absolute atomic E-state index is 3.69. The van der Waals surface area contributed by atoms with Gasteiger partial charge in [-0.25, -0.2) is 0 Å². The molecule has 0 amide bonds. The zero-order valence-electron chi connectivity index (χ0n) is 28.3. The quantitative estimate of drug-likeness (QED) is 0.192. The van der Waals surface area contributed by atoms with Crippen molar-refractivity contribution in [3.05, 3.63) is 216 Å². The van der Waals surface area contributed by atoms with E-state index in [2.05, 4.69) is 199 Å². The average molecular weight is 700 g/mol. The Kier molecular flexibility index (Phi) is 7.63. The predicted molar refractivity (Wildman–Crippen MR) is 219 cm³/mol. The molecular formula is C49H33NS2. The highest BCUT2D eigenvalue weighted by Gasteiger charge is 2.48. The number of hydrogen-bond acceptors (Lipinski definition) is 3. The van der Waals surface area contributed by atoms with Crippen LogP contribution in [0.4, 0.5) is 11.4 Å². The maximum atomic E-state index is 3.69. The molecule has 0 saturated heterocycles. The highest BCUT2D eigenvalue weighted by atomic mass is 32.2. The molecule has 52 heavy (non-hydrogen) atoms. The van der Waals surface area contributed by atoms with E-state index in [0.717, 1.165) is 11.4 Å². The fraction of sp³-hybridized carbons (Fsp3) is 0.0204. The molecule has 2 heterocycles. The fourth-order valence-corrected chi connectivity index (χ4v) is 10.4. The molecule has 8 aromatic rings. The fourth-order valence-electron chi connectivity index (χ4n) is 8.02. The summed E-state index contributed by atoms with van der Waals surface area (Å²) in [5, 5.41) is 3.69. The molecule has 2 aliphatic rings. The summed E-state index contributed by atoms with van der Waals surface area (Å²) in [6.45, 7) is 0. The van der Waals surface area contributed by atoms with Crippen LogP contribution in [0.15, 0.2) is 214 Å². The highest BCUT2D eigenvalue weighted by molar-refractivity contribution is 8.00.